The van der Waals surface area contributed by atoms with Gasteiger partial charge in [-0.3, -0.25) is 9.35 Å². The fraction of sp³-hybridized carbons (Fsp3) is 0.927. The minimum Gasteiger partial charge on any atom is -0.394 e. The SMILES string of the molecule is CCCCCCCCCCCCC/C=C/[C@@H](O)[C@H](CO[C@@H]1O[C@H](CO)[C@H](O)C(OS(=O)(=O)O)C1O)NC(=O)CCCCCCCCCCCCCCCC. The van der Waals surface area contributed by atoms with Crippen LogP contribution in [-0.2, 0) is 28.9 Å². The third kappa shape index (κ3) is 25.9. The number of allylic oxidation sites excluding steroid dienone is 1. The molecule has 1 amide bonds. The van der Waals surface area contributed by atoms with E-state index in [1.165, 1.54) is 122 Å². The van der Waals surface area contributed by atoms with E-state index in [1.54, 1.807) is 6.08 Å². The molecule has 0 radical (unpaired) electrons. The second-order valence-electron chi connectivity index (χ2n) is 15.3. The highest BCUT2D eigenvalue weighted by atomic mass is 32.3. The second kappa shape index (κ2) is 32.9. The molecule has 0 aromatic heterocycles. The van der Waals surface area contributed by atoms with Gasteiger partial charge in [-0.05, 0) is 19.3 Å². The molecule has 13 heteroatoms. The molecule has 0 aliphatic carbocycles. The predicted octanol–water partition coefficient (Wildman–Crippen LogP) is 7.60. The van der Waals surface area contributed by atoms with Crippen molar-refractivity contribution in [2.45, 2.75) is 230 Å². The Morgan fingerprint density at radius 3 is 1.61 bits per heavy atom. The van der Waals surface area contributed by atoms with E-state index >= 15 is 0 Å². The lowest BCUT2D eigenvalue weighted by Crippen LogP contribution is -2.61. The molecule has 2 unspecified atom stereocenters. The van der Waals surface area contributed by atoms with Gasteiger partial charge in [0.2, 0.25) is 5.91 Å². The van der Waals surface area contributed by atoms with Crippen molar-refractivity contribution in [3.05, 3.63) is 12.2 Å². The fourth-order valence-corrected chi connectivity index (χ4v) is 7.43. The van der Waals surface area contributed by atoms with Crippen LogP contribution in [0.2, 0.25) is 0 Å². The number of carbonyl (C=O) groups is 1. The number of hydrogen-bond donors (Lipinski definition) is 6. The number of aliphatic hydroxyl groups excluding tert-OH is 4. The summed E-state index contributed by atoms with van der Waals surface area (Å²) in [5, 5.41) is 44.6. The summed E-state index contributed by atoms with van der Waals surface area (Å²) in [7, 11) is -5.08. The molecule has 1 aliphatic rings. The van der Waals surface area contributed by atoms with Crippen LogP contribution in [-0.4, -0.2) is 95.4 Å². The molecular formula is C41H79NO11S. The van der Waals surface area contributed by atoms with Crippen molar-refractivity contribution >= 4 is 16.3 Å². The van der Waals surface area contributed by atoms with Crippen LogP contribution >= 0.6 is 0 Å². The first-order chi connectivity index (χ1) is 26.0. The van der Waals surface area contributed by atoms with Gasteiger partial charge in [0.1, 0.15) is 24.4 Å². The van der Waals surface area contributed by atoms with E-state index in [4.69, 9.17) is 14.0 Å². The van der Waals surface area contributed by atoms with Gasteiger partial charge in [-0.25, -0.2) is 4.18 Å². The zero-order valence-electron chi connectivity index (χ0n) is 33.8. The molecule has 0 aromatic rings. The highest BCUT2D eigenvalue weighted by molar-refractivity contribution is 7.80. The molecule has 1 fully saturated rings. The number of amides is 1. The molecule has 1 saturated heterocycles. The molecule has 0 spiro atoms. The summed E-state index contributed by atoms with van der Waals surface area (Å²) in [5.74, 6) is -0.262. The third-order valence-electron chi connectivity index (χ3n) is 10.3. The van der Waals surface area contributed by atoms with E-state index in [0.29, 0.717) is 6.42 Å². The molecule has 1 aliphatic heterocycles. The number of nitrogens with one attached hydrogen (secondary N) is 1. The molecule has 0 bridgehead atoms. The van der Waals surface area contributed by atoms with E-state index in [-0.39, 0.29) is 18.9 Å². The molecule has 1 heterocycles. The van der Waals surface area contributed by atoms with Crippen LogP contribution in [0, 0.1) is 0 Å². The van der Waals surface area contributed by atoms with Gasteiger partial charge in [0, 0.05) is 6.42 Å². The van der Waals surface area contributed by atoms with E-state index in [9.17, 15) is 33.6 Å². The monoisotopic (exact) mass is 794 g/mol. The molecule has 12 nitrogen and oxygen atoms in total. The number of ether oxygens (including phenoxy) is 2. The summed E-state index contributed by atoms with van der Waals surface area (Å²) in [6.07, 6.45) is 25.3. The predicted molar refractivity (Wildman–Crippen MR) is 213 cm³/mol. The molecular weight excluding hydrogens is 715 g/mol. The van der Waals surface area contributed by atoms with Gasteiger partial charge < -0.3 is 35.2 Å². The number of aliphatic hydroxyl groups is 4. The van der Waals surface area contributed by atoms with Gasteiger partial charge in [0.25, 0.3) is 0 Å². The normalized spacial score (nSPS) is 21.8. The zero-order chi connectivity index (χ0) is 39.9. The van der Waals surface area contributed by atoms with Gasteiger partial charge in [-0.2, -0.15) is 8.42 Å². The summed E-state index contributed by atoms with van der Waals surface area (Å²) >= 11 is 0. The molecule has 1 rings (SSSR count). The Morgan fingerprint density at radius 2 is 1.17 bits per heavy atom. The molecule has 320 valence electrons. The maximum Gasteiger partial charge on any atom is 0.397 e. The quantitative estimate of drug-likeness (QED) is 0.0208. The third-order valence-corrected chi connectivity index (χ3v) is 10.8. The van der Waals surface area contributed by atoms with E-state index in [2.05, 4.69) is 23.3 Å². The molecule has 0 saturated carbocycles. The van der Waals surface area contributed by atoms with Crippen molar-refractivity contribution in [1.82, 2.24) is 5.32 Å². The van der Waals surface area contributed by atoms with Gasteiger partial charge >= 0.3 is 10.4 Å². The van der Waals surface area contributed by atoms with Crippen molar-refractivity contribution in [3.8, 4) is 0 Å². The topological polar surface area (TPSA) is 192 Å². The Hall–Kier alpha value is -1.16. The first kappa shape index (κ1) is 50.9. The number of unbranched alkanes of at least 4 members (excludes halogenated alkanes) is 24. The van der Waals surface area contributed by atoms with Crippen LogP contribution in [0.15, 0.2) is 12.2 Å². The summed E-state index contributed by atoms with van der Waals surface area (Å²) in [6.45, 7) is 3.37. The number of hydrogen-bond acceptors (Lipinski definition) is 10. The highest BCUT2D eigenvalue weighted by Crippen LogP contribution is 2.26. The Bertz CT molecular complexity index is 1030. The summed E-state index contributed by atoms with van der Waals surface area (Å²) < 4.78 is 47.5. The Kier molecular flexibility index (Phi) is 31.0. The summed E-state index contributed by atoms with van der Waals surface area (Å²) in [6, 6.07) is -0.936. The maximum absolute atomic E-state index is 13.0. The van der Waals surface area contributed by atoms with Crippen molar-refractivity contribution in [1.29, 1.82) is 0 Å². The van der Waals surface area contributed by atoms with Crippen molar-refractivity contribution in [2.75, 3.05) is 13.2 Å². The summed E-state index contributed by atoms with van der Waals surface area (Å²) in [4.78, 5) is 13.0. The molecule has 7 atom stereocenters. The highest BCUT2D eigenvalue weighted by Gasteiger charge is 2.48. The lowest BCUT2D eigenvalue weighted by Gasteiger charge is -2.41. The Morgan fingerprint density at radius 1 is 0.722 bits per heavy atom. The number of carbonyl (C=O) groups excluding carboxylic acids is 1. The first-order valence-electron chi connectivity index (χ1n) is 21.6. The van der Waals surface area contributed by atoms with Crippen molar-refractivity contribution in [3.63, 3.8) is 0 Å². The lowest BCUT2D eigenvalue weighted by atomic mass is 9.99. The maximum atomic E-state index is 13.0. The largest absolute Gasteiger partial charge is 0.397 e. The van der Waals surface area contributed by atoms with Crippen molar-refractivity contribution < 1.29 is 51.8 Å². The van der Waals surface area contributed by atoms with E-state index in [0.717, 1.165) is 38.5 Å². The minimum atomic E-state index is -5.08. The van der Waals surface area contributed by atoms with E-state index < -0.39 is 59.9 Å². The van der Waals surface area contributed by atoms with Gasteiger partial charge in [-0.15, -0.1) is 0 Å². The van der Waals surface area contributed by atoms with Crippen molar-refractivity contribution in [2.24, 2.45) is 0 Å². The van der Waals surface area contributed by atoms with Crippen LogP contribution < -0.4 is 5.32 Å². The zero-order valence-corrected chi connectivity index (χ0v) is 34.6. The number of rotatable bonds is 36. The Balaban J connectivity index is 2.57. The van der Waals surface area contributed by atoms with Crippen LogP contribution in [0.1, 0.15) is 187 Å². The van der Waals surface area contributed by atoms with Crippen LogP contribution in [0.4, 0.5) is 0 Å². The molecule has 54 heavy (non-hydrogen) atoms. The summed E-state index contributed by atoms with van der Waals surface area (Å²) in [5.41, 5.74) is 0. The molecule has 6 N–H and O–H groups in total. The van der Waals surface area contributed by atoms with E-state index in [1.807, 2.05) is 6.08 Å². The lowest BCUT2D eigenvalue weighted by molar-refractivity contribution is -0.298. The second-order valence-corrected chi connectivity index (χ2v) is 16.3. The Labute approximate surface area is 328 Å². The van der Waals surface area contributed by atoms with Gasteiger partial charge in [0.15, 0.2) is 6.29 Å². The average Bonchev–Trinajstić information content (AvgIpc) is 3.14. The smallest absolute Gasteiger partial charge is 0.394 e. The first-order valence-corrected chi connectivity index (χ1v) is 22.9. The van der Waals surface area contributed by atoms with Gasteiger partial charge in [-0.1, -0.05) is 174 Å². The van der Waals surface area contributed by atoms with Crippen LogP contribution in [0.25, 0.3) is 0 Å². The standard InChI is InChI=1S/C41H79NO11S/c1-3-5-7-9-11-13-15-17-19-21-23-25-27-29-31-37(45)42-34(35(44)30-28-26-24-22-20-18-16-14-12-10-8-6-4-2)33-51-41-39(47)40(53-54(48,49)50)38(46)36(32-43)52-41/h28,30,34-36,38-41,43-44,46-47H,3-27,29,31-33H2,1-2H3,(H,42,45)(H,48,49,50)/b30-28+/t34-,35+,36+,38-,39?,40?,41+/m0/s1. The minimum absolute atomic E-state index is 0.262. The van der Waals surface area contributed by atoms with Crippen LogP contribution in [0.5, 0.6) is 0 Å². The average molecular weight is 794 g/mol. The fourth-order valence-electron chi connectivity index (χ4n) is 6.92. The van der Waals surface area contributed by atoms with Gasteiger partial charge in [0.05, 0.1) is 25.4 Å². The molecule has 0 aromatic carbocycles. The van der Waals surface area contributed by atoms with Crippen LogP contribution in [0.3, 0.4) is 0 Å².